The molecule has 20 heavy (non-hydrogen) atoms. The standard InChI is InChI=1S/C16H20N2O2/c1-2-3-9-17-10-12-18(13-11-17)16(19)20-14-15-7-5-4-6-8-15/h4-8H,9-14H2,1H3. The summed E-state index contributed by atoms with van der Waals surface area (Å²) in [4.78, 5) is 16.0. The van der Waals surface area contributed by atoms with Gasteiger partial charge in [0, 0.05) is 26.2 Å². The van der Waals surface area contributed by atoms with Gasteiger partial charge in [0.05, 0.1) is 6.54 Å². The SMILES string of the molecule is CC#CCN1CCN(C(=O)OCc2ccccc2)CC1. The van der Waals surface area contributed by atoms with Crippen LogP contribution in [0.15, 0.2) is 30.3 Å². The van der Waals surface area contributed by atoms with E-state index in [-0.39, 0.29) is 6.09 Å². The molecule has 1 aromatic carbocycles. The van der Waals surface area contributed by atoms with Crippen LogP contribution in [0.4, 0.5) is 4.79 Å². The Morgan fingerprint density at radius 2 is 1.90 bits per heavy atom. The molecule has 1 amide bonds. The third-order valence-corrected chi connectivity index (χ3v) is 3.32. The minimum absolute atomic E-state index is 0.227. The molecule has 0 unspecified atom stereocenters. The molecule has 1 aliphatic rings. The Kier molecular flexibility index (Phi) is 5.45. The zero-order valence-corrected chi connectivity index (χ0v) is 11.8. The van der Waals surface area contributed by atoms with E-state index in [1.54, 1.807) is 4.90 Å². The average Bonchev–Trinajstić information content (AvgIpc) is 2.52. The first-order valence-corrected chi connectivity index (χ1v) is 6.87. The predicted octanol–water partition coefficient (Wildman–Crippen LogP) is 1.96. The van der Waals surface area contributed by atoms with Crippen LogP contribution in [-0.4, -0.2) is 48.6 Å². The number of benzene rings is 1. The first kappa shape index (κ1) is 14.4. The average molecular weight is 272 g/mol. The number of carbonyl (C=O) groups is 1. The van der Waals surface area contributed by atoms with Crippen molar-refractivity contribution >= 4 is 6.09 Å². The van der Waals surface area contributed by atoms with Crippen molar-refractivity contribution in [1.82, 2.24) is 9.80 Å². The zero-order valence-electron chi connectivity index (χ0n) is 11.8. The number of carbonyl (C=O) groups excluding carboxylic acids is 1. The Labute approximate surface area is 120 Å². The van der Waals surface area contributed by atoms with Crippen LogP contribution in [-0.2, 0) is 11.3 Å². The van der Waals surface area contributed by atoms with E-state index in [0.29, 0.717) is 19.7 Å². The van der Waals surface area contributed by atoms with Crippen molar-refractivity contribution in [3.8, 4) is 11.8 Å². The fourth-order valence-corrected chi connectivity index (χ4v) is 2.09. The third-order valence-electron chi connectivity index (χ3n) is 3.32. The van der Waals surface area contributed by atoms with E-state index >= 15 is 0 Å². The Morgan fingerprint density at radius 3 is 2.55 bits per heavy atom. The molecule has 1 fully saturated rings. The fraction of sp³-hybridized carbons (Fsp3) is 0.438. The lowest BCUT2D eigenvalue weighted by atomic mass is 10.2. The van der Waals surface area contributed by atoms with Gasteiger partial charge in [0.15, 0.2) is 0 Å². The van der Waals surface area contributed by atoms with Crippen LogP contribution < -0.4 is 0 Å². The Bertz CT molecular complexity index is 482. The Morgan fingerprint density at radius 1 is 1.20 bits per heavy atom. The van der Waals surface area contributed by atoms with Crippen molar-refractivity contribution in [3.05, 3.63) is 35.9 Å². The maximum absolute atomic E-state index is 11.9. The molecular weight excluding hydrogens is 252 g/mol. The molecule has 106 valence electrons. The second-order valence-electron chi connectivity index (χ2n) is 4.73. The summed E-state index contributed by atoms with van der Waals surface area (Å²) in [5.41, 5.74) is 1.01. The van der Waals surface area contributed by atoms with Crippen LogP contribution in [0.3, 0.4) is 0 Å². The van der Waals surface area contributed by atoms with Gasteiger partial charge in [0.25, 0.3) is 0 Å². The molecule has 0 aromatic heterocycles. The highest BCUT2D eigenvalue weighted by atomic mass is 16.6. The topological polar surface area (TPSA) is 32.8 Å². The van der Waals surface area contributed by atoms with Crippen LogP contribution in [0.5, 0.6) is 0 Å². The zero-order chi connectivity index (χ0) is 14.2. The molecule has 1 aliphatic heterocycles. The maximum atomic E-state index is 11.9. The van der Waals surface area contributed by atoms with Crippen LogP contribution in [0.2, 0.25) is 0 Å². The predicted molar refractivity (Wildman–Crippen MR) is 78.1 cm³/mol. The van der Waals surface area contributed by atoms with E-state index in [4.69, 9.17) is 4.74 Å². The fourth-order valence-electron chi connectivity index (χ4n) is 2.09. The Hall–Kier alpha value is -1.99. The lowest BCUT2D eigenvalue weighted by molar-refractivity contribution is 0.0745. The van der Waals surface area contributed by atoms with Gasteiger partial charge in [-0.15, -0.1) is 5.92 Å². The van der Waals surface area contributed by atoms with E-state index in [1.165, 1.54) is 0 Å². The van der Waals surface area contributed by atoms with E-state index in [9.17, 15) is 4.79 Å². The Balaban J connectivity index is 1.73. The van der Waals surface area contributed by atoms with Crippen molar-refractivity contribution in [2.24, 2.45) is 0 Å². The third kappa shape index (κ3) is 4.29. The van der Waals surface area contributed by atoms with Gasteiger partial charge < -0.3 is 9.64 Å². The van der Waals surface area contributed by atoms with Crippen LogP contribution in [0.1, 0.15) is 12.5 Å². The lowest BCUT2D eigenvalue weighted by Crippen LogP contribution is -2.48. The molecule has 0 radical (unpaired) electrons. The van der Waals surface area contributed by atoms with Gasteiger partial charge in [0.2, 0.25) is 0 Å². The summed E-state index contributed by atoms with van der Waals surface area (Å²) in [5, 5.41) is 0. The van der Waals surface area contributed by atoms with Crippen molar-refractivity contribution in [2.75, 3.05) is 32.7 Å². The number of piperazine rings is 1. The monoisotopic (exact) mass is 272 g/mol. The molecule has 0 spiro atoms. The number of hydrogen-bond donors (Lipinski definition) is 0. The number of hydrogen-bond acceptors (Lipinski definition) is 3. The van der Waals surface area contributed by atoms with Gasteiger partial charge in [-0.1, -0.05) is 36.3 Å². The number of nitrogens with zero attached hydrogens (tertiary/aromatic N) is 2. The van der Waals surface area contributed by atoms with Gasteiger partial charge in [-0.05, 0) is 12.5 Å². The van der Waals surface area contributed by atoms with E-state index < -0.39 is 0 Å². The highest BCUT2D eigenvalue weighted by Gasteiger charge is 2.21. The van der Waals surface area contributed by atoms with Gasteiger partial charge in [-0.2, -0.15) is 0 Å². The van der Waals surface area contributed by atoms with E-state index in [2.05, 4.69) is 16.7 Å². The molecule has 0 saturated carbocycles. The first-order valence-electron chi connectivity index (χ1n) is 6.87. The van der Waals surface area contributed by atoms with E-state index in [0.717, 1.165) is 25.2 Å². The second-order valence-corrected chi connectivity index (χ2v) is 4.73. The van der Waals surface area contributed by atoms with Crippen molar-refractivity contribution in [3.63, 3.8) is 0 Å². The molecule has 4 heteroatoms. The van der Waals surface area contributed by atoms with Gasteiger partial charge >= 0.3 is 6.09 Å². The van der Waals surface area contributed by atoms with Crippen LogP contribution in [0, 0.1) is 11.8 Å². The van der Waals surface area contributed by atoms with Crippen LogP contribution in [0.25, 0.3) is 0 Å². The normalized spacial score (nSPS) is 15.3. The molecule has 1 heterocycles. The lowest BCUT2D eigenvalue weighted by Gasteiger charge is -2.32. The number of amides is 1. The smallest absolute Gasteiger partial charge is 0.410 e. The second kappa shape index (κ2) is 7.56. The van der Waals surface area contributed by atoms with Crippen molar-refractivity contribution in [2.45, 2.75) is 13.5 Å². The molecule has 2 rings (SSSR count). The molecule has 0 aliphatic carbocycles. The van der Waals surface area contributed by atoms with Crippen LogP contribution >= 0.6 is 0 Å². The van der Waals surface area contributed by atoms with Crippen molar-refractivity contribution < 1.29 is 9.53 Å². The minimum atomic E-state index is -0.227. The number of rotatable bonds is 3. The summed E-state index contributed by atoms with van der Waals surface area (Å²) in [7, 11) is 0. The molecule has 1 saturated heterocycles. The molecule has 0 atom stereocenters. The molecular formula is C16H20N2O2. The number of ether oxygens (including phenoxy) is 1. The van der Waals surface area contributed by atoms with Gasteiger partial charge in [-0.25, -0.2) is 4.79 Å². The summed E-state index contributed by atoms with van der Waals surface area (Å²) < 4.78 is 5.32. The summed E-state index contributed by atoms with van der Waals surface area (Å²) in [6.07, 6.45) is -0.227. The molecule has 0 N–H and O–H groups in total. The quantitative estimate of drug-likeness (QED) is 0.789. The molecule has 1 aromatic rings. The van der Waals surface area contributed by atoms with Gasteiger partial charge in [0.1, 0.15) is 6.61 Å². The molecule has 0 bridgehead atoms. The highest BCUT2D eigenvalue weighted by molar-refractivity contribution is 5.67. The van der Waals surface area contributed by atoms with Crippen molar-refractivity contribution in [1.29, 1.82) is 0 Å². The van der Waals surface area contributed by atoms with Gasteiger partial charge in [-0.3, -0.25) is 4.90 Å². The van der Waals surface area contributed by atoms with E-state index in [1.807, 2.05) is 37.3 Å². The highest BCUT2D eigenvalue weighted by Crippen LogP contribution is 2.06. The summed E-state index contributed by atoms with van der Waals surface area (Å²) >= 11 is 0. The summed E-state index contributed by atoms with van der Waals surface area (Å²) in [6, 6.07) is 9.74. The minimum Gasteiger partial charge on any atom is -0.445 e. The maximum Gasteiger partial charge on any atom is 0.410 e. The molecule has 4 nitrogen and oxygen atoms in total. The first-order chi connectivity index (χ1) is 9.79. The summed E-state index contributed by atoms with van der Waals surface area (Å²) in [6.45, 7) is 6.09. The largest absolute Gasteiger partial charge is 0.445 e. The summed E-state index contributed by atoms with van der Waals surface area (Å²) in [5.74, 6) is 5.94.